The van der Waals surface area contributed by atoms with Crippen molar-refractivity contribution in [3.8, 4) is 0 Å². The first-order valence-corrected chi connectivity index (χ1v) is 9.38. The number of aryl methyl sites for hydroxylation is 2. The lowest BCUT2D eigenvalue weighted by Crippen LogP contribution is -2.44. The number of benzene rings is 1. The number of aromatic amines is 1. The number of hydrogen-bond acceptors (Lipinski definition) is 2. The maximum absolute atomic E-state index is 13.1. The average molecular weight is 339 g/mol. The average Bonchev–Trinajstić information content (AvgIpc) is 2.99. The van der Waals surface area contributed by atoms with Gasteiger partial charge in [-0.25, -0.2) is 0 Å². The summed E-state index contributed by atoms with van der Waals surface area (Å²) in [7, 11) is 0. The fourth-order valence-electron chi connectivity index (χ4n) is 4.38. The lowest BCUT2D eigenvalue weighted by atomic mass is 9.78. The molecule has 4 heteroatoms. The number of hydrogen-bond donors (Lipinski definition) is 1. The van der Waals surface area contributed by atoms with Gasteiger partial charge in [-0.15, -0.1) is 0 Å². The number of carbonyl (C=O) groups is 1. The van der Waals surface area contributed by atoms with E-state index in [1.807, 2.05) is 20.8 Å². The van der Waals surface area contributed by atoms with Crippen molar-refractivity contribution in [1.29, 1.82) is 0 Å². The number of likely N-dealkylation sites (tertiary alicyclic amines) is 1. The summed E-state index contributed by atoms with van der Waals surface area (Å²) in [6.07, 6.45) is 2.14. The van der Waals surface area contributed by atoms with Crippen LogP contribution >= 0.6 is 0 Å². The molecule has 1 N–H and O–H groups in total. The van der Waals surface area contributed by atoms with Crippen molar-refractivity contribution in [2.75, 3.05) is 13.1 Å². The van der Waals surface area contributed by atoms with Crippen LogP contribution in [0.2, 0.25) is 0 Å². The first-order valence-electron chi connectivity index (χ1n) is 9.38. The molecule has 1 aliphatic heterocycles. The van der Waals surface area contributed by atoms with Gasteiger partial charge in [-0.1, -0.05) is 43.7 Å². The number of nitrogens with one attached hydrogen (secondary N) is 1. The minimum absolute atomic E-state index is 0.135. The normalized spacial score (nSPS) is 22.0. The zero-order valence-corrected chi connectivity index (χ0v) is 15.7. The number of rotatable bonds is 4. The van der Waals surface area contributed by atoms with E-state index in [0.717, 1.165) is 42.9 Å². The van der Waals surface area contributed by atoms with Gasteiger partial charge in [0.05, 0.1) is 11.6 Å². The standard InChI is InChI=1S/C21H29N3O/c1-5-17-13-24(12-11-19(17)18-9-7-6-8-10-18)21(25)14(2)20-15(3)22-23-16(20)4/h6-10,14,17,19H,5,11-13H2,1-4H3,(H,22,23). The number of aromatic nitrogens is 2. The Balaban J connectivity index is 1.74. The first kappa shape index (κ1) is 17.7. The molecule has 3 unspecified atom stereocenters. The van der Waals surface area contributed by atoms with Gasteiger partial charge in [0.1, 0.15) is 0 Å². The van der Waals surface area contributed by atoms with E-state index >= 15 is 0 Å². The second kappa shape index (κ2) is 7.42. The van der Waals surface area contributed by atoms with E-state index in [0.29, 0.717) is 11.8 Å². The van der Waals surface area contributed by atoms with Crippen LogP contribution in [0.5, 0.6) is 0 Å². The molecule has 25 heavy (non-hydrogen) atoms. The van der Waals surface area contributed by atoms with E-state index in [1.165, 1.54) is 5.56 Å². The molecule has 4 nitrogen and oxygen atoms in total. The summed E-state index contributed by atoms with van der Waals surface area (Å²) in [5.41, 5.74) is 4.41. The topological polar surface area (TPSA) is 49.0 Å². The van der Waals surface area contributed by atoms with Crippen LogP contribution in [0.25, 0.3) is 0 Å². The molecule has 1 fully saturated rings. The molecule has 2 heterocycles. The van der Waals surface area contributed by atoms with Gasteiger partial charge in [0.25, 0.3) is 0 Å². The van der Waals surface area contributed by atoms with Crippen molar-refractivity contribution in [2.45, 2.75) is 52.4 Å². The second-order valence-corrected chi connectivity index (χ2v) is 7.33. The van der Waals surface area contributed by atoms with Gasteiger partial charge in [0.15, 0.2) is 0 Å². The first-order chi connectivity index (χ1) is 12.0. The number of nitrogens with zero attached hydrogens (tertiary/aromatic N) is 2. The lowest BCUT2D eigenvalue weighted by Gasteiger charge is -2.39. The van der Waals surface area contributed by atoms with Crippen LogP contribution in [-0.2, 0) is 4.79 Å². The molecule has 2 aromatic rings. The Morgan fingerprint density at radius 3 is 2.64 bits per heavy atom. The van der Waals surface area contributed by atoms with Crippen LogP contribution in [-0.4, -0.2) is 34.1 Å². The van der Waals surface area contributed by atoms with Crippen molar-refractivity contribution in [3.05, 3.63) is 52.8 Å². The predicted molar refractivity (Wildman–Crippen MR) is 101 cm³/mol. The zero-order chi connectivity index (χ0) is 18.0. The number of amides is 1. The Kier molecular flexibility index (Phi) is 5.26. The van der Waals surface area contributed by atoms with E-state index in [4.69, 9.17) is 0 Å². The molecule has 1 amide bonds. The molecule has 1 aliphatic rings. The molecule has 0 aliphatic carbocycles. The number of piperidine rings is 1. The van der Waals surface area contributed by atoms with E-state index in [-0.39, 0.29) is 11.8 Å². The highest BCUT2D eigenvalue weighted by atomic mass is 16.2. The van der Waals surface area contributed by atoms with E-state index in [2.05, 4.69) is 52.4 Å². The zero-order valence-electron chi connectivity index (χ0n) is 15.7. The molecule has 0 bridgehead atoms. The van der Waals surface area contributed by atoms with E-state index in [1.54, 1.807) is 0 Å². The highest BCUT2D eigenvalue weighted by Gasteiger charge is 2.34. The maximum atomic E-state index is 13.1. The predicted octanol–water partition coefficient (Wildman–Crippen LogP) is 4.17. The summed E-state index contributed by atoms with van der Waals surface area (Å²) >= 11 is 0. The van der Waals surface area contributed by atoms with Crippen LogP contribution < -0.4 is 0 Å². The Hall–Kier alpha value is -2.10. The van der Waals surface area contributed by atoms with Crippen molar-refractivity contribution < 1.29 is 4.79 Å². The van der Waals surface area contributed by atoms with Crippen molar-refractivity contribution in [2.24, 2.45) is 5.92 Å². The Morgan fingerprint density at radius 2 is 2.04 bits per heavy atom. The molecule has 1 saturated heterocycles. The lowest BCUT2D eigenvalue weighted by molar-refractivity contribution is -0.134. The van der Waals surface area contributed by atoms with Gasteiger partial charge < -0.3 is 4.90 Å². The van der Waals surface area contributed by atoms with Crippen LogP contribution in [0.15, 0.2) is 30.3 Å². The molecule has 0 saturated carbocycles. The van der Waals surface area contributed by atoms with Crippen LogP contribution in [0.3, 0.4) is 0 Å². The van der Waals surface area contributed by atoms with Gasteiger partial charge >= 0.3 is 0 Å². The Bertz CT molecular complexity index is 702. The van der Waals surface area contributed by atoms with E-state index in [9.17, 15) is 4.79 Å². The largest absolute Gasteiger partial charge is 0.342 e. The summed E-state index contributed by atoms with van der Waals surface area (Å²) in [6, 6.07) is 10.8. The van der Waals surface area contributed by atoms with E-state index < -0.39 is 0 Å². The molecule has 3 atom stereocenters. The van der Waals surface area contributed by atoms with Crippen LogP contribution in [0, 0.1) is 19.8 Å². The van der Waals surface area contributed by atoms with Gasteiger partial charge in [0, 0.05) is 24.3 Å². The highest BCUT2D eigenvalue weighted by molar-refractivity contribution is 5.84. The third kappa shape index (κ3) is 3.48. The van der Waals surface area contributed by atoms with Gasteiger partial charge in [-0.2, -0.15) is 5.10 Å². The third-order valence-corrected chi connectivity index (χ3v) is 5.79. The quantitative estimate of drug-likeness (QED) is 0.909. The molecular weight excluding hydrogens is 310 g/mol. The van der Waals surface area contributed by atoms with Crippen molar-refractivity contribution >= 4 is 5.91 Å². The summed E-state index contributed by atoms with van der Waals surface area (Å²) in [6.45, 7) is 9.92. The molecule has 0 spiro atoms. The van der Waals surface area contributed by atoms with Gasteiger partial charge in [-0.3, -0.25) is 9.89 Å². The molecule has 1 aromatic heterocycles. The molecule has 134 valence electrons. The Labute approximate surface area is 150 Å². The number of H-pyrrole nitrogens is 1. The maximum Gasteiger partial charge on any atom is 0.229 e. The molecule has 3 rings (SSSR count). The monoisotopic (exact) mass is 339 g/mol. The highest BCUT2D eigenvalue weighted by Crippen LogP contribution is 2.36. The molecule has 1 aromatic carbocycles. The SMILES string of the molecule is CCC1CN(C(=O)C(C)c2c(C)n[nH]c2C)CCC1c1ccccc1. The van der Waals surface area contributed by atoms with Crippen molar-refractivity contribution in [1.82, 2.24) is 15.1 Å². The minimum Gasteiger partial charge on any atom is -0.342 e. The van der Waals surface area contributed by atoms with Gasteiger partial charge in [0.2, 0.25) is 5.91 Å². The molecular formula is C21H29N3O. The molecule has 0 radical (unpaired) electrons. The Morgan fingerprint density at radius 1 is 1.32 bits per heavy atom. The fraction of sp³-hybridized carbons (Fsp3) is 0.524. The smallest absolute Gasteiger partial charge is 0.229 e. The third-order valence-electron chi connectivity index (χ3n) is 5.79. The second-order valence-electron chi connectivity index (χ2n) is 7.33. The number of carbonyl (C=O) groups excluding carboxylic acids is 1. The summed E-state index contributed by atoms with van der Waals surface area (Å²) in [5.74, 6) is 1.18. The summed E-state index contributed by atoms with van der Waals surface area (Å²) in [5, 5.41) is 7.26. The van der Waals surface area contributed by atoms with Crippen LogP contribution in [0.4, 0.5) is 0 Å². The van der Waals surface area contributed by atoms with Gasteiger partial charge in [-0.05, 0) is 44.6 Å². The van der Waals surface area contributed by atoms with Crippen molar-refractivity contribution in [3.63, 3.8) is 0 Å². The minimum atomic E-state index is -0.135. The fourth-order valence-corrected chi connectivity index (χ4v) is 4.38. The summed E-state index contributed by atoms with van der Waals surface area (Å²) in [4.78, 5) is 15.2. The summed E-state index contributed by atoms with van der Waals surface area (Å²) < 4.78 is 0. The van der Waals surface area contributed by atoms with Crippen LogP contribution in [0.1, 0.15) is 61.0 Å².